The maximum Gasteiger partial charge on any atom is 0.295 e. The van der Waals surface area contributed by atoms with Gasteiger partial charge in [-0.2, -0.15) is 0 Å². The van der Waals surface area contributed by atoms with Crippen LogP contribution in [-0.4, -0.2) is 34.3 Å². The first-order chi connectivity index (χ1) is 19.5. The van der Waals surface area contributed by atoms with Gasteiger partial charge in [-0.05, 0) is 72.5 Å². The molecule has 4 aromatic carbocycles. The molecule has 4 aromatic rings. The maximum absolute atomic E-state index is 13.5. The molecule has 0 aliphatic carbocycles. The molecule has 1 saturated heterocycles. The average molecular weight is 532 g/mol. The minimum Gasteiger partial charge on any atom is -0.507 e. The number of rotatable bonds is 7. The second-order valence-electron chi connectivity index (χ2n) is 10.2. The monoisotopic (exact) mass is 531 g/mol. The van der Waals surface area contributed by atoms with Crippen LogP contribution in [0.5, 0.6) is 17.2 Å². The largest absolute Gasteiger partial charge is 0.507 e. The number of hydrogen-bond acceptors (Lipinski definition) is 5. The van der Waals surface area contributed by atoms with Crippen LogP contribution in [-0.2, 0) is 22.4 Å². The van der Waals surface area contributed by atoms with Crippen LogP contribution >= 0.6 is 0 Å². The summed E-state index contributed by atoms with van der Waals surface area (Å²) in [6, 6.07) is 31.2. The number of ketones is 1. The Bertz CT molecular complexity index is 1600. The van der Waals surface area contributed by atoms with Gasteiger partial charge >= 0.3 is 0 Å². The van der Waals surface area contributed by atoms with Crippen LogP contribution in [0.2, 0.25) is 0 Å². The predicted octanol–water partition coefficient (Wildman–Crippen LogP) is 6.47. The topological polar surface area (TPSA) is 76.1 Å². The van der Waals surface area contributed by atoms with Crippen LogP contribution < -0.4 is 9.47 Å². The van der Waals surface area contributed by atoms with E-state index >= 15 is 0 Å². The van der Waals surface area contributed by atoms with Gasteiger partial charge in [-0.1, -0.05) is 60.7 Å². The van der Waals surface area contributed by atoms with Gasteiger partial charge in [-0.15, -0.1) is 0 Å². The summed E-state index contributed by atoms with van der Waals surface area (Å²) in [5.74, 6) is 0.496. The van der Waals surface area contributed by atoms with Gasteiger partial charge in [0.25, 0.3) is 11.7 Å². The summed E-state index contributed by atoms with van der Waals surface area (Å²) in [5.41, 5.74) is 3.25. The van der Waals surface area contributed by atoms with Crippen LogP contribution in [0.4, 0.5) is 0 Å². The van der Waals surface area contributed by atoms with Gasteiger partial charge in [0.15, 0.2) is 0 Å². The number of carbonyl (C=O) groups excluding carboxylic acids is 2. The number of fused-ring (bicyclic) bond motifs is 1. The van der Waals surface area contributed by atoms with Crippen LogP contribution in [0, 0.1) is 0 Å². The summed E-state index contributed by atoms with van der Waals surface area (Å²) in [5, 5.41) is 11.6. The molecule has 2 aliphatic rings. The maximum atomic E-state index is 13.5. The van der Waals surface area contributed by atoms with Crippen molar-refractivity contribution in [3.8, 4) is 17.2 Å². The Morgan fingerprint density at radius 2 is 1.62 bits per heavy atom. The van der Waals surface area contributed by atoms with E-state index in [2.05, 4.69) is 0 Å². The van der Waals surface area contributed by atoms with Gasteiger partial charge in [0.2, 0.25) is 0 Å². The van der Waals surface area contributed by atoms with E-state index in [1.54, 1.807) is 11.0 Å². The van der Waals surface area contributed by atoms with Crippen molar-refractivity contribution < 1.29 is 24.2 Å². The number of aliphatic hydroxyl groups excluding tert-OH is 1. The zero-order valence-corrected chi connectivity index (χ0v) is 22.1. The minimum absolute atomic E-state index is 0.0447. The van der Waals surface area contributed by atoms with Gasteiger partial charge in [0.1, 0.15) is 29.1 Å². The Morgan fingerprint density at radius 3 is 2.40 bits per heavy atom. The first kappa shape index (κ1) is 25.4. The third-order valence-electron chi connectivity index (χ3n) is 7.35. The van der Waals surface area contributed by atoms with E-state index in [4.69, 9.17) is 9.47 Å². The molecule has 0 radical (unpaired) electrons. The molecule has 0 bridgehead atoms. The lowest BCUT2D eigenvalue weighted by Crippen LogP contribution is -2.31. The van der Waals surface area contributed by atoms with Crippen LogP contribution in [0.25, 0.3) is 5.76 Å². The van der Waals surface area contributed by atoms with Crippen molar-refractivity contribution in [1.82, 2.24) is 4.90 Å². The highest BCUT2D eigenvalue weighted by molar-refractivity contribution is 6.46. The number of benzene rings is 4. The Morgan fingerprint density at radius 1 is 0.900 bits per heavy atom. The minimum atomic E-state index is -0.772. The Hall–Kier alpha value is -4.84. The van der Waals surface area contributed by atoms with Crippen LogP contribution in [0.15, 0.2) is 109 Å². The number of likely N-dealkylation sites (tertiary alicyclic amines) is 1. The van der Waals surface area contributed by atoms with Gasteiger partial charge < -0.3 is 19.5 Å². The summed E-state index contributed by atoms with van der Waals surface area (Å²) in [6.07, 6.45) is 1.33. The fourth-order valence-electron chi connectivity index (χ4n) is 5.45. The molecular formula is C34H29NO5. The standard InChI is InChI=1S/C34H29NO5/c1-22-19-26-20-25(15-16-29(26)39-22)32(36)30-31(24-11-8-14-28(21-24)40-27-12-6-3-7-13-27)35(34(38)33(30)37)18-17-23-9-4-2-5-10-23/h2-16,20-22,31,36H,17-19H2,1H3/t22-,31-/m0/s1. The second kappa shape index (κ2) is 10.7. The zero-order valence-electron chi connectivity index (χ0n) is 22.1. The number of hydrogen-bond donors (Lipinski definition) is 1. The third kappa shape index (κ3) is 4.96. The summed E-state index contributed by atoms with van der Waals surface area (Å²) in [6.45, 7) is 2.30. The number of Topliss-reactive ketones (excluding diaryl/α,β-unsaturated/α-hetero) is 1. The molecule has 2 heterocycles. The molecule has 6 heteroatoms. The van der Waals surface area contributed by atoms with E-state index in [1.165, 1.54) is 0 Å². The van der Waals surface area contributed by atoms with E-state index in [1.807, 2.05) is 104 Å². The average Bonchev–Trinajstić information content (AvgIpc) is 3.47. The van der Waals surface area contributed by atoms with Gasteiger partial charge in [-0.25, -0.2) is 0 Å². The van der Waals surface area contributed by atoms with Crippen molar-refractivity contribution >= 4 is 17.4 Å². The molecule has 0 saturated carbocycles. The lowest BCUT2D eigenvalue weighted by atomic mass is 9.94. The van der Waals surface area contributed by atoms with Crippen LogP contribution in [0.3, 0.4) is 0 Å². The fraction of sp³-hybridized carbons (Fsp3) is 0.176. The predicted molar refractivity (Wildman–Crippen MR) is 152 cm³/mol. The second-order valence-corrected chi connectivity index (χ2v) is 10.2. The number of aliphatic hydroxyl groups is 1. The lowest BCUT2D eigenvalue weighted by Gasteiger charge is -2.26. The molecular weight excluding hydrogens is 502 g/mol. The highest BCUT2D eigenvalue weighted by Crippen LogP contribution is 2.41. The van der Waals surface area contributed by atoms with Gasteiger partial charge in [-0.3, -0.25) is 9.59 Å². The van der Waals surface area contributed by atoms with E-state index in [0.29, 0.717) is 42.0 Å². The van der Waals surface area contributed by atoms with Crippen molar-refractivity contribution in [3.63, 3.8) is 0 Å². The molecule has 6 rings (SSSR count). The van der Waals surface area contributed by atoms with Gasteiger partial charge in [0.05, 0.1) is 11.6 Å². The Balaban J connectivity index is 1.41. The Kier molecular flexibility index (Phi) is 6.83. The quantitative estimate of drug-likeness (QED) is 0.168. The number of para-hydroxylation sites is 1. The number of nitrogens with zero attached hydrogens (tertiary/aromatic N) is 1. The first-order valence-electron chi connectivity index (χ1n) is 13.4. The number of ether oxygens (including phenoxy) is 2. The van der Waals surface area contributed by atoms with Crippen molar-refractivity contribution in [2.24, 2.45) is 0 Å². The fourth-order valence-corrected chi connectivity index (χ4v) is 5.45. The number of amides is 1. The first-order valence-corrected chi connectivity index (χ1v) is 13.4. The molecule has 6 nitrogen and oxygen atoms in total. The summed E-state index contributed by atoms with van der Waals surface area (Å²) in [7, 11) is 0. The Labute approximate surface area is 233 Å². The summed E-state index contributed by atoms with van der Waals surface area (Å²) in [4.78, 5) is 28.5. The molecule has 0 unspecified atom stereocenters. The van der Waals surface area contributed by atoms with Crippen molar-refractivity contribution in [2.75, 3.05) is 6.54 Å². The van der Waals surface area contributed by atoms with Gasteiger partial charge in [0, 0.05) is 18.5 Å². The van der Waals surface area contributed by atoms with E-state index in [9.17, 15) is 14.7 Å². The van der Waals surface area contributed by atoms with Crippen LogP contribution in [0.1, 0.15) is 35.2 Å². The zero-order chi connectivity index (χ0) is 27.6. The van der Waals surface area contributed by atoms with E-state index < -0.39 is 17.7 Å². The molecule has 1 fully saturated rings. The van der Waals surface area contributed by atoms with E-state index in [0.717, 1.165) is 16.9 Å². The molecule has 40 heavy (non-hydrogen) atoms. The molecule has 2 atom stereocenters. The number of carbonyl (C=O) groups is 2. The molecule has 0 spiro atoms. The van der Waals surface area contributed by atoms with Crippen molar-refractivity contribution in [2.45, 2.75) is 31.9 Å². The van der Waals surface area contributed by atoms with Crippen molar-refractivity contribution in [1.29, 1.82) is 0 Å². The normalized spacial score (nSPS) is 19.4. The molecule has 0 aromatic heterocycles. The summed E-state index contributed by atoms with van der Waals surface area (Å²) < 4.78 is 11.9. The summed E-state index contributed by atoms with van der Waals surface area (Å²) >= 11 is 0. The highest BCUT2D eigenvalue weighted by atomic mass is 16.5. The smallest absolute Gasteiger partial charge is 0.295 e. The highest BCUT2D eigenvalue weighted by Gasteiger charge is 2.46. The molecule has 2 aliphatic heterocycles. The van der Waals surface area contributed by atoms with E-state index in [-0.39, 0.29) is 17.4 Å². The SMILES string of the molecule is C[C@H]1Cc2cc(C(O)=C3C(=O)C(=O)N(CCc4ccccc4)[C@H]3c3cccc(Oc4ccccc4)c3)ccc2O1. The lowest BCUT2D eigenvalue weighted by molar-refractivity contribution is -0.139. The molecule has 1 N–H and O–H groups in total. The third-order valence-corrected chi connectivity index (χ3v) is 7.35. The van der Waals surface area contributed by atoms with Crippen molar-refractivity contribution in [3.05, 3.63) is 131 Å². The molecule has 200 valence electrons. The molecule has 1 amide bonds.